The summed E-state index contributed by atoms with van der Waals surface area (Å²) in [6.45, 7) is 7.81. The topological polar surface area (TPSA) is 49.4 Å². The predicted molar refractivity (Wildman–Crippen MR) is 104 cm³/mol. The van der Waals surface area contributed by atoms with Gasteiger partial charge in [-0.3, -0.25) is 9.59 Å². The van der Waals surface area contributed by atoms with Gasteiger partial charge in [-0.25, -0.2) is 0 Å². The molecule has 1 aliphatic rings. The van der Waals surface area contributed by atoms with Crippen molar-refractivity contribution in [2.24, 2.45) is 11.3 Å². The van der Waals surface area contributed by atoms with Gasteiger partial charge in [-0.1, -0.05) is 32.4 Å². The fraction of sp³-hybridized carbons (Fsp3) is 0.579. The molecule has 0 spiro atoms. The van der Waals surface area contributed by atoms with Gasteiger partial charge in [0.2, 0.25) is 11.8 Å². The number of hydrogen-bond donors (Lipinski definition) is 1. The number of halogens is 1. The Morgan fingerprint density at radius 3 is 2.36 bits per heavy atom. The third-order valence-electron chi connectivity index (χ3n) is 4.28. The van der Waals surface area contributed by atoms with E-state index in [1.807, 2.05) is 49.9 Å². The van der Waals surface area contributed by atoms with Crippen molar-refractivity contribution in [3.8, 4) is 0 Å². The van der Waals surface area contributed by atoms with E-state index < -0.39 is 0 Å². The first-order chi connectivity index (χ1) is 11.8. The molecule has 1 aliphatic heterocycles. The van der Waals surface area contributed by atoms with Gasteiger partial charge < -0.3 is 10.2 Å². The lowest BCUT2D eigenvalue weighted by atomic mass is 9.91. The smallest absolute Gasteiger partial charge is 0.227 e. The number of nitrogens with zero attached hydrogens (tertiary/aromatic N) is 1. The van der Waals surface area contributed by atoms with E-state index in [1.165, 1.54) is 0 Å². The number of amides is 2. The van der Waals surface area contributed by atoms with Gasteiger partial charge in [0.1, 0.15) is 0 Å². The monoisotopic (exact) mass is 382 g/mol. The molecular weight excluding hydrogens is 356 g/mol. The molecule has 2 rings (SSSR count). The summed E-state index contributed by atoms with van der Waals surface area (Å²) < 4.78 is 0. The largest absolute Gasteiger partial charge is 0.355 e. The molecule has 1 heterocycles. The van der Waals surface area contributed by atoms with E-state index >= 15 is 0 Å². The summed E-state index contributed by atoms with van der Waals surface area (Å²) in [4.78, 5) is 27.6. The van der Waals surface area contributed by atoms with Crippen molar-refractivity contribution in [3.63, 3.8) is 0 Å². The summed E-state index contributed by atoms with van der Waals surface area (Å²) in [6.07, 6.45) is 1.50. The van der Waals surface area contributed by atoms with Crippen LogP contribution in [0.3, 0.4) is 0 Å². The molecule has 0 saturated carbocycles. The van der Waals surface area contributed by atoms with E-state index in [9.17, 15) is 9.59 Å². The molecule has 1 aromatic carbocycles. The lowest BCUT2D eigenvalue weighted by Crippen LogP contribution is -2.46. The van der Waals surface area contributed by atoms with E-state index in [0.29, 0.717) is 19.6 Å². The number of rotatable bonds is 5. The first kappa shape index (κ1) is 20.1. The Labute approximate surface area is 159 Å². The summed E-state index contributed by atoms with van der Waals surface area (Å²) in [5, 5.41) is 3.75. The average Bonchev–Trinajstić information content (AvgIpc) is 2.58. The highest BCUT2D eigenvalue weighted by molar-refractivity contribution is 7.99. The molecule has 0 aliphatic carbocycles. The van der Waals surface area contributed by atoms with Crippen LogP contribution in [0, 0.1) is 11.3 Å². The van der Waals surface area contributed by atoms with E-state index in [-0.39, 0.29) is 23.1 Å². The molecule has 0 radical (unpaired) electrons. The second-order valence-corrected chi connectivity index (χ2v) is 9.01. The molecule has 1 fully saturated rings. The zero-order valence-corrected chi connectivity index (χ0v) is 16.8. The number of benzene rings is 1. The van der Waals surface area contributed by atoms with Crippen LogP contribution in [0.5, 0.6) is 0 Å². The number of thioether (sulfide) groups is 1. The molecule has 1 saturated heterocycles. The normalized spacial score (nSPS) is 15.9. The van der Waals surface area contributed by atoms with Gasteiger partial charge in [-0.05, 0) is 37.1 Å². The molecule has 0 atom stereocenters. The minimum Gasteiger partial charge on any atom is -0.355 e. The van der Waals surface area contributed by atoms with Gasteiger partial charge >= 0.3 is 0 Å². The summed E-state index contributed by atoms with van der Waals surface area (Å²) in [6, 6.07) is 7.71. The Kier molecular flexibility index (Phi) is 7.20. The summed E-state index contributed by atoms with van der Waals surface area (Å²) >= 11 is 7.56. The number of carbonyl (C=O) groups is 2. The number of nitrogens with one attached hydrogen (secondary N) is 1. The van der Waals surface area contributed by atoms with Crippen LogP contribution < -0.4 is 5.32 Å². The predicted octanol–water partition coefficient (Wildman–Crippen LogP) is 3.83. The fourth-order valence-electron chi connectivity index (χ4n) is 2.84. The van der Waals surface area contributed by atoms with Crippen molar-refractivity contribution >= 4 is 35.2 Å². The maximum absolute atomic E-state index is 12.3. The quantitative estimate of drug-likeness (QED) is 0.621. The second-order valence-electron chi connectivity index (χ2n) is 7.41. The highest BCUT2D eigenvalue weighted by Gasteiger charge is 2.32. The molecule has 0 unspecified atom stereocenters. The van der Waals surface area contributed by atoms with Gasteiger partial charge in [-0.15, -0.1) is 11.8 Å². The summed E-state index contributed by atoms with van der Waals surface area (Å²) in [5.74, 6) is 1.13. The number of piperidine rings is 1. The molecule has 1 N–H and O–H groups in total. The van der Waals surface area contributed by atoms with Crippen molar-refractivity contribution in [1.29, 1.82) is 0 Å². The Bertz CT molecular complexity index is 590. The number of carbonyl (C=O) groups excluding carboxylic acids is 2. The first-order valence-electron chi connectivity index (χ1n) is 8.73. The van der Waals surface area contributed by atoms with Gasteiger partial charge in [0.05, 0.1) is 0 Å². The van der Waals surface area contributed by atoms with E-state index in [1.54, 1.807) is 11.8 Å². The van der Waals surface area contributed by atoms with Gasteiger partial charge in [-0.2, -0.15) is 0 Å². The molecule has 4 nitrogen and oxygen atoms in total. The zero-order chi connectivity index (χ0) is 18.4. The Morgan fingerprint density at radius 1 is 1.20 bits per heavy atom. The van der Waals surface area contributed by atoms with Crippen molar-refractivity contribution in [1.82, 2.24) is 10.2 Å². The third kappa shape index (κ3) is 6.23. The minimum absolute atomic E-state index is 0.0181. The first-order valence-corrected chi connectivity index (χ1v) is 10.1. The maximum atomic E-state index is 12.3. The van der Waals surface area contributed by atoms with Crippen LogP contribution in [0.4, 0.5) is 0 Å². The van der Waals surface area contributed by atoms with Gasteiger partial charge in [0, 0.05) is 46.6 Å². The maximum Gasteiger partial charge on any atom is 0.227 e. The number of hydrogen-bond acceptors (Lipinski definition) is 3. The Morgan fingerprint density at radius 2 is 1.80 bits per heavy atom. The Balaban J connectivity index is 1.67. The molecular formula is C19H27ClN2O2S. The number of likely N-dealkylation sites (tertiary alicyclic amines) is 1. The van der Waals surface area contributed by atoms with Crippen molar-refractivity contribution in [2.45, 2.75) is 38.5 Å². The van der Waals surface area contributed by atoms with Crippen LogP contribution in [-0.2, 0) is 9.59 Å². The molecule has 1 aromatic rings. The van der Waals surface area contributed by atoms with Gasteiger partial charge in [0.15, 0.2) is 0 Å². The van der Waals surface area contributed by atoms with Crippen molar-refractivity contribution in [2.75, 3.05) is 25.4 Å². The molecule has 6 heteroatoms. The molecule has 0 aromatic heterocycles. The van der Waals surface area contributed by atoms with E-state index in [4.69, 9.17) is 11.6 Å². The molecule has 138 valence electrons. The lowest BCUT2D eigenvalue weighted by Gasteiger charge is -2.35. The molecule has 25 heavy (non-hydrogen) atoms. The van der Waals surface area contributed by atoms with Crippen LogP contribution in [0.25, 0.3) is 0 Å². The third-order valence-corrected chi connectivity index (χ3v) is 5.54. The van der Waals surface area contributed by atoms with E-state index in [2.05, 4.69) is 5.32 Å². The Hall–Kier alpha value is -1.20. The van der Waals surface area contributed by atoms with Crippen molar-refractivity contribution < 1.29 is 9.59 Å². The van der Waals surface area contributed by atoms with Crippen LogP contribution in [0.15, 0.2) is 29.2 Å². The lowest BCUT2D eigenvalue weighted by molar-refractivity contribution is -0.142. The minimum atomic E-state index is -0.353. The SMILES string of the molecule is CC(C)(C)C(=O)N1CCC(C(=O)NCCSc2ccc(Cl)cc2)CC1. The van der Waals surface area contributed by atoms with Crippen LogP contribution in [0.1, 0.15) is 33.6 Å². The summed E-state index contributed by atoms with van der Waals surface area (Å²) in [5.41, 5.74) is -0.353. The summed E-state index contributed by atoms with van der Waals surface area (Å²) in [7, 11) is 0. The second kappa shape index (κ2) is 8.95. The van der Waals surface area contributed by atoms with Crippen molar-refractivity contribution in [3.05, 3.63) is 29.3 Å². The highest BCUT2D eigenvalue weighted by Crippen LogP contribution is 2.24. The van der Waals surface area contributed by atoms with E-state index in [0.717, 1.165) is 28.5 Å². The molecule has 0 bridgehead atoms. The molecule has 2 amide bonds. The zero-order valence-electron chi connectivity index (χ0n) is 15.2. The van der Waals surface area contributed by atoms with Crippen LogP contribution in [-0.4, -0.2) is 42.1 Å². The highest BCUT2D eigenvalue weighted by atomic mass is 35.5. The standard InChI is InChI=1S/C19H27ClN2O2S/c1-19(2,3)18(24)22-11-8-14(9-12-22)17(23)21-10-13-25-16-6-4-15(20)5-7-16/h4-7,14H,8-13H2,1-3H3,(H,21,23). The van der Waals surface area contributed by atoms with Crippen LogP contribution >= 0.6 is 23.4 Å². The van der Waals surface area contributed by atoms with Crippen LogP contribution in [0.2, 0.25) is 5.02 Å². The fourth-order valence-corrected chi connectivity index (χ4v) is 3.73. The van der Waals surface area contributed by atoms with Gasteiger partial charge in [0.25, 0.3) is 0 Å². The average molecular weight is 383 g/mol.